The van der Waals surface area contributed by atoms with Crippen LogP contribution in [0.1, 0.15) is 12.5 Å². The monoisotopic (exact) mass is 235 g/mol. The predicted octanol–water partition coefficient (Wildman–Crippen LogP) is 1.30. The number of benzene rings is 1. The molecule has 0 aromatic heterocycles. The van der Waals surface area contributed by atoms with Gasteiger partial charge >= 0.3 is 5.97 Å². The standard InChI is InChI=1S/C13H17NO3/c1-9(13(15)16)7-14-8-11-6-10-4-2-3-5-12(10)17-11/h2-5,9,11,14H,6-8H2,1H3,(H,15,16). The third-order valence-corrected chi connectivity index (χ3v) is 2.96. The second kappa shape index (κ2) is 5.19. The molecule has 2 atom stereocenters. The quantitative estimate of drug-likeness (QED) is 0.807. The Bertz CT molecular complexity index is 380. The van der Waals surface area contributed by atoms with Crippen LogP contribution in [0.3, 0.4) is 0 Å². The molecule has 0 amide bonds. The van der Waals surface area contributed by atoms with Crippen LogP contribution in [0.25, 0.3) is 0 Å². The van der Waals surface area contributed by atoms with Crippen molar-refractivity contribution in [2.24, 2.45) is 5.92 Å². The fourth-order valence-corrected chi connectivity index (χ4v) is 1.92. The Hall–Kier alpha value is -1.55. The lowest BCUT2D eigenvalue weighted by molar-refractivity contribution is -0.140. The number of carbonyl (C=O) groups is 1. The maximum Gasteiger partial charge on any atom is 0.307 e. The predicted molar refractivity (Wildman–Crippen MR) is 64.2 cm³/mol. The molecule has 1 aliphatic rings. The highest BCUT2D eigenvalue weighted by Gasteiger charge is 2.22. The van der Waals surface area contributed by atoms with Crippen molar-refractivity contribution in [2.45, 2.75) is 19.4 Å². The molecule has 1 aliphatic heterocycles. The lowest BCUT2D eigenvalue weighted by Crippen LogP contribution is -2.34. The molecule has 0 saturated carbocycles. The van der Waals surface area contributed by atoms with Crippen molar-refractivity contribution in [2.75, 3.05) is 13.1 Å². The molecule has 0 radical (unpaired) electrons. The number of hydrogen-bond acceptors (Lipinski definition) is 3. The largest absolute Gasteiger partial charge is 0.488 e. The average molecular weight is 235 g/mol. The Kier molecular flexibility index (Phi) is 3.64. The van der Waals surface area contributed by atoms with E-state index in [-0.39, 0.29) is 12.0 Å². The van der Waals surface area contributed by atoms with Crippen LogP contribution in [0.4, 0.5) is 0 Å². The van der Waals surface area contributed by atoms with E-state index < -0.39 is 5.97 Å². The molecule has 1 aromatic rings. The van der Waals surface area contributed by atoms with Gasteiger partial charge in [-0.1, -0.05) is 25.1 Å². The van der Waals surface area contributed by atoms with E-state index >= 15 is 0 Å². The first-order valence-electron chi connectivity index (χ1n) is 5.85. The number of rotatable bonds is 5. The molecule has 0 spiro atoms. The Morgan fingerprint density at radius 1 is 1.59 bits per heavy atom. The summed E-state index contributed by atoms with van der Waals surface area (Å²) in [6.07, 6.45) is 1.01. The van der Waals surface area contributed by atoms with Crippen molar-refractivity contribution >= 4 is 5.97 Å². The second-order valence-electron chi connectivity index (χ2n) is 4.45. The molecule has 2 N–H and O–H groups in total. The van der Waals surface area contributed by atoms with Crippen molar-refractivity contribution in [3.05, 3.63) is 29.8 Å². The summed E-state index contributed by atoms with van der Waals surface area (Å²) in [4.78, 5) is 10.6. The van der Waals surface area contributed by atoms with Gasteiger partial charge in [-0.05, 0) is 11.6 Å². The van der Waals surface area contributed by atoms with Gasteiger partial charge in [-0.15, -0.1) is 0 Å². The van der Waals surface area contributed by atoms with Gasteiger partial charge < -0.3 is 15.2 Å². The number of carboxylic acids is 1. The Morgan fingerprint density at radius 2 is 2.35 bits per heavy atom. The molecule has 1 aromatic carbocycles. The molecule has 2 rings (SSSR count). The number of nitrogens with one attached hydrogen (secondary N) is 1. The normalized spacial score (nSPS) is 19.5. The molecule has 0 aliphatic carbocycles. The maximum atomic E-state index is 10.6. The molecular formula is C13H17NO3. The maximum absolute atomic E-state index is 10.6. The number of para-hydroxylation sites is 1. The van der Waals surface area contributed by atoms with Gasteiger partial charge in [0.25, 0.3) is 0 Å². The summed E-state index contributed by atoms with van der Waals surface area (Å²) in [5.41, 5.74) is 1.23. The highest BCUT2D eigenvalue weighted by molar-refractivity contribution is 5.69. The summed E-state index contributed by atoms with van der Waals surface area (Å²) in [5, 5.41) is 11.9. The van der Waals surface area contributed by atoms with Crippen LogP contribution >= 0.6 is 0 Å². The molecular weight excluding hydrogens is 218 g/mol. The van der Waals surface area contributed by atoms with Crippen LogP contribution in [-0.2, 0) is 11.2 Å². The molecule has 0 fully saturated rings. The van der Waals surface area contributed by atoms with Crippen molar-refractivity contribution < 1.29 is 14.6 Å². The van der Waals surface area contributed by atoms with E-state index in [9.17, 15) is 4.79 Å². The second-order valence-corrected chi connectivity index (χ2v) is 4.45. The van der Waals surface area contributed by atoms with Crippen molar-refractivity contribution in [1.29, 1.82) is 0 Å². The van der Waals surface area contributed by atoms with E-state index in [1.54, 1.807) is 6.92 Å². The van der Waals surface area contributed by atoms with Crippen molar-refractivity contribution in [3.8, 4) is 5.75 Å². The zero-order valence-corrected chi connectivity index (χ0v) is 9.85. The van der Waals surface area contributed by atoms with Crippen LogP contribution in [0.15, 0.2) is 24.3 Å². The average Bonchev–Trinajstić information content (AvgIpc) is 2.71. The molecule has 0 saturated heterocycles. The zero-order chi connectivity index (χ0) is 12.3. The summed E-state index contributed by atoms with van der Waals surface area (Å²) < 4.78 is 5.74. The topological polar surface area (TPSA) is 58.6 Å². The van der Waals surface area contributed by atoms with Gasteiger partial charge in [-0.25, -0.2) is 0 Å². The fraction of sp³-hybridized carbons (Fsp3) is 0.462. The van der Waals surface area contributed by atoms with E-state index in [0.717, 1.165) is 12.2 Å². The van der Waals surface area contributed by atoms with Crippen LogP contribution in [0.5, 0.6) is 5.75 Å². The Balaban J connectivity index is 1.75. The summed E-state index contributed by atoms with van der Waals surface area (Å²) in [6, 6.07) is 8.00. The first kappa shape index (κ1) is 11.9. The molecule has 2 unspecified atom stereocenters. The molecule has 1 heterocycles. The van der Waals surface area contributed by atoms with E-state index in [1.165, 1.54) is 5.56 Å². The highest BCUT2D eigenvalue weighted by atomic mass is 16.5. The molecule has 4 nitrogen and oxygen atoms in total. The van der Waals surface area contributed by atoms with Crippen LogP contribution in [0.2, 0.25) is 0 Å². The van der Waals surface area contributed by atoms with Crippen molar-refractivity contribution in [3.63, 3.8) is 0 Å². The first-order chi connectivity index (χ1) is 8.16. The van der Waals surface area contributed by atoms with Gasteiger partial charge in [-0.3, -0.25) is 4.79 Å². The van der Waals surface area contributed by atoms with Gasteiger partial charge in [0.15, 0.2) is 0 Å². The van der Waals surface area contributed by atoms with E-state index in [1.807, 2.05) is 18.2 Å². The summed E-state index contributed by atoms with van der Waals surface area (Å²) >= 11 is 0. The molecule has 17 heavy (non-hydrogen) atoms. The van der Waals surface area contributed by atoms with E-state index in [0.29, 0.717) is 13.1 Å². The van der Waals surface area contributed by atoms with E-state index in [2.05, 4.69) is 11.4 Å². The minimum absolute atomic E-state index is 0.119. The summed E-state index contributed by atoms with van der Waals surface area (Å²) in [7, 11) is 0. The number of aliphatic carboxylic acids is 1. The third kappa shape index (κ3) is 2.97. The van der Waals surface area contributed by atoms with Crippen LogP contribution < -0.4 is 10.1 Å². The first-order valence-corrected chi connectivity index (χ1v) is 5.85. The van der Waals surface area contributed by atoms with Gasteiger partial charge in [-0.2, -0.15) is 0 Å². The SMILES string of the molecule is CC(CNCC1Cc2ccccc2O1)C(=O)O. The summed E-state index contributed by atoms with van der Waals surface area (Å²) in [5.74, 6) is -0.183. The lowest BCUT2D eigenvalue weighted by Gasteiger charge is -2.13. The fourth-order valence-electron chi connectivity index (χ4n) is 1.92. The third-order valence-electron chi connectivity index (χ3n) is 2.96. The lowest BCUT2D eigenvalue weighted by atomic mass is 10.1. The Morgan fingerprint density at radius 3 is 3.06 bits per heavy atom. The molecule has 0 bridgehead atoms. The van der Waals surface area contributed by atoms with Crippen molar-refractivity contribution in [1.82, 2.24) is 5.32 Å². The molecule has 4 heteroatoms. The summed E-state index contributed by atoms with van der Waals surface area (Å²) in [6.45, 7) is 2.86. The Labute approximate surface area is 101 Å². The van der Waals surface area contributed by atoms with Gasteiger partial charge in [0, 0.05) is 19.5 Å². The van der Waals surface area contributed by atoms with Gasteiger partial charge in [0.1, 0.15) is 11.9 Å². The minimum atomic E-state index is -0.770. The molecule has 92 valence electrons. The number of carboxylic acid groups (broad SMARTS) is 1. The van der Waals surface area contributed by atoms with Gasteiger partial charge in [0.2, 0.25) is 0 Å². The smallest absolute Gasteiger partial charge is 0.307 e. The van der Waals surface area contributed by atoms with Crippen LogP contribution in [0, 0.1) is 5.92 Å². The number of hydrogen-bond donors (Lipinski definition) is 2. The minimum Gasteiger partial charge on any atom is -0.488 e. The zero-order valence-electron chi connectivity index (χ0n) is 9.85. The number of ether oxygens (including phenoxy) is 1. The van der Waals surface area contributed by atoms with Gasteiger partial charge in [0.05, 0.1) is 5.92 Å². The van der Waals surface area contributed by atoms with E-state index in [4.69, 9.17) is 9.84 Å². The number of fused-ring (bicyclic) bond motifs is 1. The van der Waals surface area contributed by atoms with Crippen LogP contribution in [-0.4, -0.2) is 30.3 Å². The highest BCUT2D eigenvalue weighted by Crippen LogP contribution is 2.27.